The fraction of sp³-hybridized carbons (Fsp3) is 0.636. The smallest absolute Gasteiger partial charge is 0.322 e. The zero-order valence-electron chi connectivity index (χ0n) is 9.76. The summed E-state index contributed by atoms with van der Waals surface area (Å²) in [7, 11) is 0. The Balaban J connectivity index is 2.50. The lowest BCUT2D eigenvalue weighted by molar-refractivity contribution is -0.147. The van der Waals surface area contributed by atoms with Gasteiger partial charge in [-0.05, 0) is 25.7 Å². The molecule has 0 bridgehead atoms. The maximum absolute atomic E-state index is 11.9. The molecule has 1 heterocycles. The van der Waals surface area contributed by atoms with Crippen LogP contribution in [0.4, 0.5) is 0 Å². The van der Waals surface area contributed by atoms with Crippen LogP contribution in [0, 0.1) is 0 Å². The number of aliphatic carboxylic acids is 1. The topological polar surface area (TPSA) is 95.7 Å². The molecule has 0 radical (unpaired) electrons. The van der Waals surface area contributed by atoms with E-state index < -0.39 is 18.1 Å². The third kappa shape index (κ3) is 3.83. The minimum Gasteiger partial charge on any atom is -0.480 e. The van der Waals surface area contributed by atoms with Gasteiger partial charge in [0.1, 0.15) is 6.04 Å². The number of carbonyl (C=O) groups is 2. The van der Waals surface area contributed by atoms with E-state index in [9.17, 15) is 9.59 Å². The van der Waals surface area contributed by atoms with Gasteiger partial charge < -0.3 is 10.8 Å². The molecule has 0 saturated carbocycles. The number of carboxylic acids is 1. The van der Waals surface area contributed by atoms with Crippen molar-refractivity contribution in [3.05, 3.63) is 12.7 Å². The molecule has 2 unspecified atom stereocenters. The standard InChI is InChI=1S/C11H19N3O3/c1-2-3-5-8(12)10(15)14-7-4-6-9(13-14)11(16)17/h2,8-9,13H,1,3-7,12H2,(H,16,17). The molecule has 1 aliphatic rings. The third-order valence-electron chi connectivity index (χ3n) is 2.75. The number of nitrogens with two attached hydrogens (primary N) is 1. The Hall–Kier alpha value is -1.40. The molecule has 1 amide bonds. The number of amides is 1. The summed E-state index contributed by atoms with van der Waals surface area (Å²) in [5.74, 6) is -1.19. The van der Waals surface area contributed by atoms with Crippen molar-refractivity contribution in [2.45, 2.75) is 37.8 Å². The molecule has 6 nitrogen and oxygen atoms in total. The average Bonchev–Trinajstić information content (AvgIpc) is 2.35. The van der Waals surface area contributed by atoms with Gasteiger partial charge in [0.25, 0.3) is 5.91 Å². The van der Waals surface area contributed by atoms with Crippen LogP contribution in [0.5, 0.6) is 0 Å². The monoisotopic (exact) mass is 241 g/mol. The molecule has 1 fully saturated rings. The van der Waals surface area contributed by atoms with E-state index in [1.807, 2.05) is 0 Å². The van der Waals surface area contributed by atoms with Crippen LogP contribution in [0.25, 0.3) is 0 Å². The molecule has 4 N–H and O–H groups in total. The number of nitrogens with zero attached hydrogens (tertiary/aromatic N) is 1. The van der Waals surface area contributed by atoms with Crippen LogP contribution in [0.1, 0.15) is 25.7 Å². The molecule has 17 heavy (non-hydrogen) atoms. The van der Waals surface area contributed by atoms with Gasteiger partial charge in [-0.1, -0.05) is 6.08 Å². The number of nitrogens with one attached hydrogen (secondary N) is 1. The van der Waals surface area contributed by atoms with Crippen molar-refractivity contribution in [1.82, 2.24) is 10.4 Å². The van der Waals surface area contributed by atoms with Crippen LogP contribution in [0.2, 0.25) is 0 Å². The molecule has 0 aromatic heterocycles. The normalized spacial score (nSPS) is 21.9. The van der Waals surface area contributed by atoms with E-state index in [2.05, 4.69) is 12.0 Å². The molecule has 1 saturated heterocycles. The molecular weight excluding hydrogens is 222 g/mol. The number of hydrogen-bond donors (Lipinski definition) is 3. The quantitative estimate of drug-likeness (QED) is 0.582. The van der Waals surface area contributed by atoms with Gasteiger partial charge in [0.15, 0.2) is 0 Å². The van der Waals surface area contributed by atoms with Crippen molar-refractivity contribution in [3.63, 3.8) is 0 Å². The second-order valence-corrected chi connectivity index (χ2v) is 4.12. The van der Waals surface area contributed by atoms with Crippen LogP contribution < -0.4 is 11.2 Å². The largest absolute Gasteiger partial charge is 0.480 e. The van der Waals surface area contributed by atoms with Crippen molar-refractivity contribution in [3.8, 4) is 0 Å². The molecule has 0 aromatic rings. The zero-order valence-corrected chi connectivity index (χ0v) is 9.76. The van der Waals surface area contributed by atoms with Crippen molar-refractivity contribution in [2.75, 3.05) is 6.54 Å². The van der Waals surface area contributed by atoms with Crippen LogP contribution >= 0.6 is 0 Å². The van der Waals surface area contributed by atoms with E-state index >= 15 is 0 Å². The SMILES string of the molecule is C=CCCC(N)C(=O)N1CCCC(C(=O)O)N1. The number of allylic oxidation sites excluding steroid dienone is 1. The summed E-state index contributed by atoms with van der Waals surface area (Å²) in [5.41, 5.74) is 8.42. The third-order valence-corrected chi connectivity index (χ3v) is 2.75. The number of carboxylic acid groups (broad SMARTS) is 1. The summed E-state index contributed by atoms with van der Waals surface area (Å²) in [4.78, 5) is 22.7. The lowest BCUT2D eigenvalue weighted by Crippen LogP contribution is -2.58. The molecule has 96 valence electrons. The van der Waals surface area contributed by atoms with Gasteiger partial charge in [0.05, 0.1) is 6.04 Å². The number of hydrogen-bond acceptors (Lipinski definition) is 4. The Labute approximate surface area is 100 Å². The highest BCUT2D eigenvalue weighted by Crippen LogP contribution is 2.09. The summed E-state index contributed by atoms with van der Waals surface area (Å²) in [6.45, 7) is 4.07. The van der Waals surface area contributed by atoms with E-state index in [-0.39, 0.29) is 5.91 Å². The number of carbonyl (C=O) groups excluding carboxylic acids is 1. The van der Waals surface area contributed by atoms with Crippen LogP contribution in [0.15, 0.2) is 12.7 Å². The van der Waals surface area contributed by atoms with Gasteiger partial charge in [-0.2, -0.15) is 0 Å². The molecular formula is C11H19N3O3. The first-order valence-corrected chi connectivity index (χ1v) is 5.73. The Morgan fingerprint density at radius 2 is 2.35 bits per heavy atom. The van der Waals surface area contributed by atoms with Gasteiger partial charge in [0, 0.05) is 6.54 Å². The minimum absolute atomic E-state index is 0.252. The van der Waals surface area contributed by atoms with E-state index in [0.717, 1.165) is 0 Å². The molecule has 0 aliphatic carbocycles. The predicted octanol–water partition coefficient (Wildman–Crippen LogP) is -0.140. The van der Waals surface area contributed by atoms with Gasteiger partial charge in [-0.25, -0.2) is 5.43 Å². The summed E-state index contributed by atoms with van der Waals surface area (Å²) < 4.78 is 0. The Kier molecular flexibility index (Phi) is 5.11. The first-order valence-electron chi connectivity index (χ1n) is 5.73. The Morgan fingerprint density at radius 1 is 1.65 bits per heavy atom. The number of rotatable bonds is 5. The minimum atomic E-state index is -0.942. The predicted molar refractivity (Wildman–Crippen MR) is 62.9 cm³/mol. The van der Waals surface area contributed by atoms with Crippen molar-refractivity contribution >= 4 is 11.9 Å². The van der Waals surface area contributed by atoms with E-state index in [1.165, 1.54) is 5.01 Å². The molecule has 1 aliphatic heterocycles. The molecule has 1 rings (SSSR count). The number of hydrazine groups is 1. The van der Waals surface area contributed by atoms with E-state index in [1.54, 1.807) is 6.08 Å². The Morgan fingerprint density at radius 3 is 2.94 bits per heavy atom. The van der Waals surface area contributed by atoms with Crippen molar-refractivity contribution in [1.29, 1.82) is 0 Å². The lowest BCUT2D eigenvalue weighted by atomic mass is 10.1. The van der Waals surface area contributed by atoms with Crippen molar-refractivity contribution < 1.29 is 14.7 Å². The fourth-order valence-electron chi connectivity index (χ4n) is 1.74. The Bertz CT molecular complexity index is 306. The lowest BCUT2D eigenvalue weighted by Gasteiger charge is -2.33. The molecule has 0 aromatic carbocycles. The summed E-state index contributed by atoms with van der Waals surface area (Å²) >= 11 is 0. The zero-order chi connectivity index (χ0) is 12.8. The van der Waals surface area contributed by atoms with Crippen LogP contribution in [-0.2, 0) is 9.59 Å². The highest BCUT2D eigenvalue weighted by atomic mass is 16.4. The van der Waals surface area contributed by atoms with E-state index in [4.69, 9.17) is 10.8 Å². The van der Waals surface area contributed by atoms with Crippen molar-refractivity contribution in [2.24, 2.45) is 5.73 Å². The summed E-state index contributed by atoms with van der Waals surface area (Å²) in [6.07, 6.45) is 4.10. The summed E-state index contributed by atoms with van der Waals surface area (Å²) in [6, 6.07) is -1.30. The van der Waals surface area contributed by atoms with Gasteiger partial charge in [-0.3, -0.25) is 14.6 Å². The highest BCUT2D eigenvalue weighted by molar-refractivity contribution is 5.82. The first-order chi connectivity index (χ1) is 8.06. The summed E-state index contributed by atoms with van der Waals surface area (Å²) in [5, 5.41) is 10.2. The molecule has 0 spiro atoms. The van der Waals surface area contributed by atoms with Gasteiger partial charge >= 0.3 is 5.97 Å². The van der Waals surface area contributed by atoms with Crippen LogP contribution in [-0.4, -0.2) is 40.6 Å². The molecule has 6 heteroatoms. The second-order valence-electron chi connectivity index (χ2n) is 4.12. The highest BCUT2D eigenvalue weighted by Gasteiger charge is 2.29. The van der Waals surface area contributed by atoms with E-state index in [0.29, 0.717) is 32.2 Å². The maximum Gasteiger partial charge on any atom is 0.322 e. The maximum atomic E-state index is 11.9. The first kappa shape index (κ1) is 13.7. The molecule has 2 atom stereocenters. The van der Waals surface area contributed by atoms with Crippen LogP contribution in [0.3, 0.4) is 0 Å². The fourth-order valence-corrected chi connectivity index (χ4v) is 1.74. The second kappa shape index (κ2) is 6.36. The van der Waals surface area contributed by atoms with Gasteiger partial charge in [0.2, 0.25) is 0 Å². The van der Waals surface area contributed by atoms with Gasteiger partial charge in [-0.15, -0.1) is 6.58 Å². The average molecular weight is 241 g/mol.